The zero-order chi connectivity index (χ0) is 17.2. The number of esters is 1. The maximum Gasteiger partial charge on any atom is 0.348 e. The van der Waals surface area contributed by atoms with Gasteiger partial charge in [-0.1, -0.05) is 29.3 Å². The van der Waals surface area contributed by atoms with E-state index in [0.717, 1.165) is 11.3 Å². The van der Waals surface area contributed by atoms with Crippen LogP contribution in [0.15, 0.2) is 29.2 Å². The highest BCUT2D eigenvalue weighted by molar-refractivity contribution is 7.93. The minimum absolute atomic E-state index is 0.0550. The van der Waals surface area contributed by atoms with E-state index in [4.69, 9.17) is 27.9 Å². The van der Waals surface area contributed by atoms with E-state index in [1.54, 1.807) is 19.9 Å². The second-order valence-corrected chi connectivity index (χ2v) is 7.99. The molecule has 0 fully saturated rings. The average Bonchev–Trinajstić information content (AvgIpc) is 2.82. The van der Waals surface area contributed by atoms with Gasteiger partial charge in [0.25, 0.3) is 10.0 Å². The maximum absolute atomic E-state index is 12.4. The lowest BCUT2D eigenvalue weighted by Crippen LogP contribution is -2.12. The monoisotopic (exact) mass is 393 g/mol. The summed E-state index contributed by atoms with van der Waals surface area (Å²) in [5.41, 5.74) is 0.628. The van der Waals surface area contributed by atoms with Crippen molar-refractivity contribution in [1.82, 2.24) is 0 Å². The summed E-state index contributed by atoms with van der Waals surface area (Å²) < 4.78 is 32.2. The molecule has 1 aromatic carbocycles. The summed E-state index contributed by atoms with van der Waals surface area (Å²) >= 11 is 12.8. The molecule has 0 aliphatic carbocycles. The Balaban J connectivity index is 2.33. The molecular formula is C14H13Cl2NO4S2. The Bertz CT molecular complexity index is 846. The van der Waals surface area contributed by atoms with Crippen molar-refractivity contribution >= 4 is 55.5 Å². The van der Waals surface area contributed by atoms with Crippen molar-refractivity contribution in [1.29, 1.82) is 0 Å². The molecule has 0 saturated carbocycles. The number of benzene rings is 1. The van der Waals surface area contributed by atoms with Crippen LogP contribution in [-0.4, -0.2) is 21.0 Å². The van der Waals surface area contributed by atoms with E-state index < -0.39 is 16.0 Å². The Morgan fingerprint density at radius 1 is 1.35 bits per heavy atom. The summed E-state index contributed by atoms with van der Waals surface area (Å²) in [4.78, 5) is 12.0. The molecule has 23 heavy (non-hydrogen) atoms. The van der Waals surface area contributed by atoms with Crippen LogP contribution in [0.1, 0.15) is 22.2 Å². The van der Waals surface area contributed by atoms with Crippen LogP contribution in [0.2, 0.25) is 10.0 Å². The smallest absolute Gasteiger partial charge is 0.348 e. The number of halogens is 2. The lowest BCUT2D eigenvalue weighted by molar-refractivity contribution is 0.0531. The first kappa shape index (κ1) is 18.1. The Hall–Kier alpha value is -1.28. The number of anilines is 1. The van der Waals surface area contributed by atoms with Crippen molar-refractivity contribution in [2.45, 2.75) is 18.7 Å². The van der Waals surface area contributed by atoms with Gasteiger partial charge in [-0.25, -0.2) is 13.2 Å². The van der Waals surface area contributed by atoms with Crippen LogP contribution in [0.5, 0.6) is 0 Å². The van der Waals surface area contributed by atoms with Crippen LogP contribution < -0.4 is 4.72 Å². The van der Waals surface area contributed by atoms with E-state index in [1.165, 1.54) is 18.2 Å². The maximum atomic E-state index is 12.4. The van der Waals surface area contributed by atoms with Gasteiger partial charge in [0.05, 0.1) is 16.7 Å². The van der Waals surface area contributed by atoms with Gasteiger partial charge >= 0.3 is 5.97 Å². The predicted octanol–water partition coefficient (Wildman–Crippen LogP) is 4.34. The number of thiophene rings is 1. The second kappa shape index (κ2) is 7.09. The third-order valence-corrected chi connectivity index (χ3v) is 6.42. The first-order valence-electron chi connectivity index (χ1n) is 6.50. The van der Waals surface area contributed by atoms with Crippen molar-refractivity contribution in [3.8, 4) is 0 Å². The third-order valence-electron chi connectivity index (χ3n) is 2.82. The number of hydrogen-bond acceptors (Lipinski definition) is 5. The Labute approximate surface area is 148 Å². The van der Waals surface area contributed by atoms with Crippen LogP contribution in [0.25, 0.3) is 0 Å². The molecule has 2 aromatic rings. The summed E-state index contributed by atoms with van der Waals surface area (Å²) in [5.74, 6) is -0.485. The zero-order valence-electron chi connectivity index (χ0n) is 12.2. The molecule has 0 unspecified atom stereocenters. The van der Waals surface area contributed by atoms with E-state index in [0.29, 0.717) is 15.4 Å². The number of sulfonamides is 1. The second-order valence-electron chi connectivity index (χ2n) is 4.50. The van der Waals surface area contributed by atoms with E-state index >= 15 is 0 Å². The number of carbonyl (C=O) groups is 1. The molecular weight excluding hydrogens is 381 g/mol. The predicted molar refractivity (Wildman–Crippen MR) is 92.3 cm³/mol. The molecule has 0 bridgehead atoms. The van der Waals surface area contributed by atoms with Gasteiger partial charge in [0, 0.05) is 0 Å². The molecule has 0 radical (unpaired) electrons. The van der Waals surface area contributed by atoms with Crippen molar-refractivity contribution in [3.63, 3.8) is 0 Å². The topological polar surface area (TPSA) is 72.5 Å². The van der Waals surface area contributed by atoms with E-state index in [2.05, 4.69) is 4.72 Å². The first-order chi connectivity index (χ1) is 10.8. The molecule has 0 atom stereocenters. The zero-order valence-corrected chi connectivity index (χ0v) is 15.4. The molecule has 9 heteroatoms. The van der Waals surface area contributed by atoms with Gasteiger partial charge in [-0.15, -0.1) is 11.3 Å². The number of ether oxygens (including phenoxy) is 1. The normalized spacial score (nSPS) is 11.3. The van der Waals surface area contributed by atoms with Crippen molar-refractivity contribution in [2.24, 2.45) is 0 Å². The standard InChI is InChI=1S/C14H13Cl2NO4S2/c1-3-21-14(18)13-8(2)7-11(22-13)17-23(19,20)10-6-4-5-9(15)12(10)16/h4-7,17H,3H2,1-2H3. The van der Waals surface area contributed by atoms with E-state index in [-0.39, 0.29) is 21.5 Å². The van der Waals surface area contributed by atoms with E-state index in [1.807, 2.05) is 0 Å². The number of aryl methyl sites for hydroxylation is 1. The Morgan fingerprint density at radius 3 is 2.70 bits per heavy atom. The summed E-state index contributed by atoms with van der Waals surface area (Å²) in [7, 11) is -3.92. The van der Waals surface area contributed by atoms with Crippen molar-refractivity contribution < 1.29 is 17.9 Å². The molecule has 1 N–H and O–H groups in total. The van der Waals surface area contributed by atoms with Gasteiger partial charge in [0.2, 0.25) is 0 Å². The fraction of sp³-hybridized carbons (Fsp3) is 0.214. The van der Waals surface area contributed by atoms with Crippen LogP contribution in [0, 0.1) is 6.92 Å². The summed E-state index contributed by atoms with van der Waals surface area (Å²) in [6.07, 6.45) is 0. The Kier molecular flexibility index (Phi) is 5.57. The molecule has 0 aliphatic heterocycles. The highest BCUT2D eigenvalue weighted by Crippen LogP contribution is 2.33. The number of nitrogens with one attached hydrogen (secondary N) is 1. The fourth-order valence-corrected chi connectivity index (χ4v) is 4.82. The van der Waals surface area contributed by atoms with Gasteiger partial charge in [0.1, 0.15) is 14.8 Å². The molecule has 124 valence electrons. The quantitative estimate of drug-likeness (QED) is 0.766. The largest absolute Gasteiger partial charge is 0.462 e. The van der Waals surface area contributed by atoms with Crippen LogP contribution >= 0.6 is 34.5 Å². The highest BCUT2D eigenvalue weighted by Gasteiger charge is 2.22. The number of rotatable bonds is 5. The van der Waals surface area contributed by atoms with Crippen molar-refractivity contribution in [2.75, 3.05) is 11.3 Å². The van der Waals surface area contributed by atoms with Gasteiger partial charge in [0.15, 0.2) is 0 Å². The highest BCUT2D eigenvalue weighted by atomic mass is 35.5. The van der Waals surface area contributed by atoms with E-state index in [9.17, 15) is 13.2 Å². The molecule has 0 spiro atoms. The minimum Gasteiger partial charge on any atom is -0.462 e. The average molecular weight is 394 g/mol. The molecule has 0 amide bonds. The Morgan fingerprint density at radius 2 is 2.04 bits per heavy atom. The number of hydrogen-bond donors (Lipinski definition) is 1. The van der Waals surface area contributed by atoms with Crippen LogP contribution in [0.3, 0.4) is 0 Å². The summed E-state index contributed by atoms with van der Waals surface area (Å²) in [6, 6.07) is 5.90. The molecule has 2 rings (SSSR count). The lowest BCUT2D eigenvalue weighted by Gasteiger charge is -2.08. The number of carbonyl (C=O) groups excluding carboxylic acids is 1. The minimum atomic E-state index is -3.92. The van der Waals surface area contributed by atoms with Gasteiger partial charge < -0.3 is 4.74 Å². The fourth-order valence-electron chi connectivity index (χ4n) is 1.81. The third kappa shape index (κ3) is 3.98. The van der Waals surface area contributed by atoms with Crippen molar-refractivity contribution in [3.05, 3.63) is 44.8 Å². The molecule has 5 nitrogen and oxygen atoms in total. The summed E-state index contributed by atoms with van der Waals surface area (Å²) in [5, 5.41) is 0.381. The van der Waals surface area contributed by atoms with Gasteiger partial charge in [-0.05, 0) is 37.6 Å². The molecule has 0 aliphatic rings. The van der Waals surface area contributed by atoms with Gasteiger partial charge in [-0.3, -0.25) is 4.72 Å². The lowest BCUT2D eigenvalue weighted by atomic mass is 10.3. The van der Waals surface area contributed by atoms with Crippen LogP contribution in [0.4, 0.5) is 5.00 Å². The SMILES string of the molecule is CCOC(=O)c1sc(NS(=O)(=O)c2cccc(Cl)c2Cl)cc1C. The first-order valence-corrected chi connectivity index (χ1v) is 9.56. The molecule has 1 aromatic heterocycles. The summed E-state index contributed by atoms with van der Waals surface area (Å²) in [6.45, 7) is 3.65. The van der Waals surface area contributed by atoms with Gasteiger partial charge in [-0.2, -0.15) is 0 Å². The molecule has 1 heterocycles. The molecule has 0 saturated heterocycles. The van der Waals surface area contributed by atoms with Crippen LogP contribution in [-0.2, 0) is 14.8 Å².